The molecule has 0 aromatic heterocycles. The summed E-state index contributed by atoms with van der Waals surface area (Å²) < 4.78 is 22.3. The maximum Gasteiger partial charge on any atom is 0.211 e. The van der Waals surface area contributed by atoms with Gasteiger partial charge < -0.3 is 0 Å². The van der Waals surface area contributed by atoms with Gasteiger partial charge in [0.25, 0.3) is 0 Å². The summed E-state index contributed by atoms with van der Waals surface area (Å²) in [6.07, 6.45) is 3.30. The van der Waals surface area contributed by atoms with E-state index in [1.54, 1.807) is 6.92 Å². The molecule has 0 bridgehead atoms. The highest BCUT2D eigenvalue weighted by Crippen LogP contribution is 2.21. The lowest BCUT2D eigenvalue weighted by Crippen LogP contribution is -2.25. The highest BCUT2D eigenvalue weighted by molar-refractivity contribution is 7.89. The van der Waals surface area contributed by atoms with E-state index in [1.807, 2.05) is 24.3 Å². The molecule has 2 aromatic carbocycles. The van der Waals surface area contributed by atoms with E-state index in [4.69, 9.17) is 10.4 Å². The van der Waals surface area contributed by atoms with E-state index in [0.717, 1.165) is 30.4 Å². The Labute approximate surface area is 144 Å². The fraction of sp³-hybridized carbons (Fsp3) is 0.316. The van der Waals surface area contributed by atoms with Crippen LogP contribution in [0.5, 0.6) is 0 Å². The maximum atomic E-state index is 11.2. The van der Waals surface area contributed by atoms with Crippen molar-refractivity contribution >= 4 is 10.0 Å². The summed E-state index contributed by atoms with van der Waals surface area (Å²) in [6, 6.07) is 18.0. The molecule has 1 unspecified atom stereocenters. The first-order valence-corrected chi connectivity index (χ1v) is 9.62. The molecule has 0 aliphatic rings. The van der Waals surface area contributed by atoms with Crippen LogP contribution in [0, 0.1) is 11.3 Å². The van der Waals surface area contributed by atoms with Crippen LogP contribution in [0.15, 0.2) is 48.5 Å². The summed E-state index contributed by atoms with van der Waals surface area (Å²) in [5, 5.41) is 13.5. The highest BCUT2D eigenvalue weighted by Gasteiger charge is 2.14. The van der Waals surface area contributed by atoms with Crippen molar-refractivity contribution in [2.45, 2.75) is 37.9 Å². The van der Waals surface area contributed by atoms with Gasteiger partial charge in [0.05, 0.1) is 16.9 Å². The van der Waals surface area contributed by atoms with Crippen LogP contribution in [-0.4, -0.2) is 13.7 Å². The molecule has 24 heavy (non-hydrogen) atoms. The van der Waals surface area contributed by atoms with E-state index >= 15 is 0 Å². The summed E-state index contributed by atoms with van der Waals surface area (Å²) in [6.45, 7) is 1.65. The van der Waals surface area contributed by atoms with Crippen LogP contribution in [0.4, 0.5) is 0 Å². The predicted molar refractivity (Wildman–Crippen MR) is 96.7 cm³/mol. The van der Waals surface area contributed by atoms with Crippen molar-refractivity contribution in [3.8, 4) is 17.2 Å². The summed E-state index contributed by atoms with van der Waals surface area (Å²) in [7, 11) is -3.41. The third kappa shape index (κ3) is 5.19. The molecule has 126 valence electrons. The molecule has 2 aromatic rings. The van der Waals surface area contributed by atoms with Crippen LogP contribution >= 0.6 is 0 Å². The molecular formula is C19H22N2O2S. The smallest absolute Gasteiger partial charge is 0.211 e. The second kappa shape index (κ2) is 8.09. The van der Waals surface area contributed by atoms with Crippen LogP contribution in [0.3, 0.4) is 0 Å². The third-order valence-electron chi connectivity index (χ3n) is 4.19. The number of rotatable bonds is 7. The first-order valence-electron chi connectivity index (χ1n) is 8.01. The molecule has 0 aliphatic heterocycles. The number of nitriles is 1. The Bertz CT molecular complexity index is 804. The number of hydrogen-bond acceptors (Lipinski definition) is 3. The van der Waals surface area contributed by atoms with Gasteiger partial charge in [-0.1, -0.05) is 42.8 Å². The Morgan fingerprint density at radius 3 is 2.04 bits per heavy atom. The Kier molecular flexibility index (Phi) is 6.13. The van der Waals surface area contributed by atoms with Gasteiger partial charge in [0, 0.05) is 0 Å². The van der Waals surface area contributed by atoms with Crippen molar-refractivity contribution < 1.29 is 8.42 Å². The van der Waals surface area contributed by atoms with E-state index in [2.05, 4.69) is 30.3 Å². The topological polar surface area (TPSA) is 83.9 Å². The molecule has 0 spiro atoms. The van der Waals surface area contributed by atoms with Gasteiger partial charge in [0.2, 0.25) is 10.0 Å². The SMILES string of the molecule is CC(CCCCc1ccc(-c2ccc(C#N)cc2)cc1)S(N)(=O)=O. The molecule has 0 saturated carbocycles. The summed E-state index contributed by atoms with van der Waals surface area (Å²) in [5.41, 5.74) is 4.09. The first kappa shape index (κ1) is 18.2. The summed E-state index contributed by atoms with van der Waals surface area (Å²) in [4.78, 5) is 0. The third-order valence-corrected chi connectivity index (χ3v) is 5.55. The first-order chi connectivity index (χ1) is 11.4. The lowest BCUT2D eigenvalue weighted by atomic mass is 10.0. The van der Waals surface area contributed by atoms with Gasteiger partial charge in [0.15, 0.2) is 0 Å². The number of benzene rings is 2. The van der Waals surface area contributed by atoms with Gasteiger partial charge >= 0.3 is 0 Å². The van der Waals surface area contributed by atoms with Crippen molar-refractivity contribution in [1.82, 2.24) is 0 Å². The fourth-order valence-corrected chi connectivity index (χ4v) is 3.02. The Morgan fingerprint density at radius 1 is 1.00 bits per heavy atom. The zero-order chi connectivity index (χ0) is 17.6. The number of aryl methyl sites for hydroxylation is 1. The molecule has 1 atom stereocenters. The van der Waals surface area contributed by atoms with Gasteiger partial charge in [-0.2, -0.15) is 5.26 Å². The van der Waals surface area contributed by atoms with Gasteiger partial charge in [-0.15, -0.1) is 0 Å². The molecular weight excluding hydrogens is 320 g/mol. The number of nitrogens with two attached hydrogens (primary N) is 1. The molecule has 2 rings (SSSR count). The highest BCUT2D eigenvalue weighted by atomic mass is 32.2. The summed E-state index contributed by atoms with van der Waals surface area (Å²) in [5.74, 6) is 0. The van der Waals surface area contributed by atoms with E-state index in [9.17, 15) is 8.42 Å². The molecule has 0 radical (unpaired) electrons. The van der Waals surface area contributed by atoms with Crippen LogP contribution in [-0.2, 0) is 16.4 Å². The zero-order valence-corrected chi connectivity index (χ0v) is 14.6. The molecule has 5 heteroatoms. The Hall–Kier alpha value is -2.16. The van der Waals surface area contributed by atoms with Gasteiger partial charge in [0.1, 0.15) is 0 Å². The molecule has 0 saturated heterocycles. The van der Waals surface area contributed by atoms with Crippen molar-refractivity contribution in [2.24, 2.45) is 5.14 Å². The van der Waals surface area contributed by atoms with Crippen molar-refractivity contribution in [2.75, 3.05) is 0 Å². The Morgan fingerprint density at radius 2 is 1.54 bits per heavy atom. The minimum absolute atomic E-state index is 0.476. The predicted octanol–water partition coefficient (Wildman–Crippen LogP) is 3.62. The molecule has 2 N–H and O–H groups in total. The number of primary sulfonamides is 1. The van der Waals surface area contributed by atoms with Crippen LogP contribution in [0.1, 0.15) is 37.3 Å². The number of unbranched alkanes of at least 4 members (excludes halogenated alkanes) is 1. The molecule has 0 aliphatic carbocycles. The van der Waals surface area contributed by atoms with E-state index in [1.165, 1.54) is 5.56 Å². The number of nitrogens with zero attached hydrogens (tertiary/aromatic N) is 1. The lowest BCUT2D eigenvalue weighted by Gasteiger charge is -2.09. The van der Waals surface area contributed by atoms with Gasteiger partial charge in [-0.25, -0.2) is 13.6 Å². The average Bonchev–Trinajstić information content (AvgIpc) is 2.58. The average molecular weight is 342 g/mol. The van der Waals surface area contributed by atoms with Gasteiger partial charge in [-0.05, 0) is 55.0 Å². The lowest BCUT2D eigenvalue weighted by molar-refractivity contribution is 0.570. The van der Waals surface area contributed by atoms with Crippen LogP contribution < -0.4 is 5.14 Å². The van der Waals surface area contributed by atoms with Crippen molar-refractivity contribution in [1.29, 1.82) is 5.26 Å². The second-order valence-corrected chi connectivity index (χ2v) is 8.01. The van der Waals surface area contributed by atoms with E-state index in [0.29, 0.717) is 12.0 Å². The van der Waals surface area contributed by atoms with E-state index in [-0.39, 0.29) is 0 Å². The monoisotopic (exact) mass is 342 g/mol. The molecule has 0 heterocycles. The normalized spacial score (nSPS) is 12.5. The maximum absolute atomic E-state index is 11.2. The largest absolute Gasteiger partial charge is 0.228 e. The van der Waals surface area contributed by atoms with Crippen LogP contribution in [0.25, 0.3) is 11.1 Å². The van der Waals surface area contributed by atoms with Gasteiger partial charge in [-0.3, -0.25) is 0 Å². The van der Waals surface area contributed by atoms with Crippen LogP contribution in [0.2, 0.25) is 0 Å². The number of hydrogen-bond donors (Lipinski definition) is 1. The molecule has 0 fully saturated rings. The van der Waals surface area contributed by atoms with E-state index < -0.39 is 15.3 Å². The summed E-state index contributed by atoms with van der Waals surface area (Å²) >= 11 is 0. The fourth-order valence-electron chi connectivity index (χ4n) is 2.53. The number of sulfonamides is 1. The Balaban J connectivity index is 1.87. The standard InChI is InChI=1S/C19H22N2O2S/c1-15(24(21,22)23)4-2-3-5-16-6-10-18(11-7-16)19-12-8-17(14-20)9-13-19/h6-13,15H,2-5H2,1H3,(H2,21,22,23). The minimum atomic E-state index is -3.41. The quantitative estimate of drug-likeness (QED) is 0.780. The molecule has 0 amide bonds. The zero-order valence-electron chi connectivity index (χ0n) is 13.8. The van der Waals surface area contributed by atoms with Crippen molar-refractivity contribution in [3.63, 3.8) is 0 Å². The second-order valence-electron chi connectivity index (χ2n) is 6.03. The van der Waals surface area contributed by atoms with Crippen molar-refractivity contribution in [3.05, 3.63) is 59.7 Å². The minimum Gasteiger partial charge on any atom is -0.228 e. The molecule has 4 nitrogen and oxygen atoms in total.